The molecule has 0 atom stereocenters. The maximum atomic E-state index is 6.30. The van der Waals surface area contributed by atoms with Crippen molar-refractivity contribution in [3.63, 3.8) is 0 Å². The second-order valence-electron chi connectivity index (χ2n) is 5.58. The summed E-state index contributed by atoms with van der Waals surface area (Å²) in [5.41, 5.74) is 2.78. The van der Waals surface area contributed by atoms with Gasteiger partial charge in [0.1, 0.15) is 5.75 Å². The zero-order valence-electron chi connectivity index (χ0n) is 14.2. The number of hydrogen-bond acceptors (Lipinski definition) is 5. The van der Waals surface area contributed by atoms with Crippen LogP contribution in [0, 0.1) is 6.92 Å². The Bertz CT molecular complexity index is 848. The van der Waals surface area contributed by atoms with Gasteiger partial charge >= 0.3 is 0 Å². The molecule has 1 heterocycles. The third-order valence-corrected chi connectivity index (χ3v) is 4.04. The largest absolute Gasteiger partial charge is 0.492 e. The van der Waals surface area contributed by atoms with Gasteiger partial charge in [0.05, 0.1) is 11.6 Å². The number of halogens is 1. The number of nitrogens with zero attached hydrogens (tertiary/aromatic N) is 2. The molecule has 0 amide bonds. The number of rotatable bonds is 7. The minimum absolute atomic E-state index is 0.490. The summed E-state index contributed by atoms with van der Waals surface area (Å²) in [7, 11) is 1.66. The number of ether oxygens (including phenoxy) is 2. The molecule has 0 bridgehead atoms. The van der Waals surface area contributed by atoms with Crippen molar-refractivity contribution in [2.75, 3.05) is 20.3 Å². The van der Waals surface area contributed by atoms with Crippen molar-refractivity contribution in [2.24, 2.45) is 0 Å². The van der Waals surface area contributed by atoms with Crippen molar-refractivity contribution in [1.29, 1.82) is 0 Å². The smallest absolute Gasteiger partial charge is 0.258 e. The number of methoxy groups -OCH3 is 1. The minimum Gasteiger partial charge on any atom is -0.492 e. The monoisotopic (exact) mass is 358 g/mol. The van der Waals surface area contributed by atoms with Crippen molar-refractivity contribution >= 4 is 11.6 Å². The fourth-order valence-corrected chi connectivity index (χ4v) is 2.64. The van der Waals surface area contributed by atoms with Gasteiger partial charge in [-0.1, -0.05) is 35.0 Å². The van der Waals surface area contributed by atoms with E-state index in [2.05, 4.69) is 10.1 Å². The summed E-state index contributed by atoms with van der Waals surface area (Å²) in [6.07, 6.45) is 0.805. The average molecular weight is 359 g/mol. The van der Waals surface area contributed by atoms with Crippen LogP contribution in [0.5, 0.6) is 5.75 Å². The highest BCUT2D eigenvalue weighted by atomic mass is 35.5. The predicted octanol–water partition coefficient (Wildman–Crippen LogP) is 4.78. The third kappa shape index (κ3) is 4.18. The van der Waals surface area contributed by atoms with Gasteiger partial charge in [-0.25, -0.2) is 0 Å². The molecule has 1 aromatic heterocycles. The maximum absolute atomic E-state index is 6.30. The zero-order chi connectivity index (χ0) is 17.6. The first-order valence-corrected chi connectivity index (χ1v) is 8.38. The van der Waals surface area contributed by atoms with Crippen molar-refractivity contribution in [2.45, 2.75) is 13.3 Å². The summed E-state index contributed by atoms with van der Waals surface area (Å²) in [5.74, 6) is 1.61. The van der Waals surface area contributed by atoms with Crippen molar-refractivity contribution < 1.29 is 14.0 Å². The van der Waals surface area contributed by atoms with E-state index < -0.39 is 0 Å². The Morgan fingerprint density at radius 1 is 1.12 bits per heavy atom. The summed E-state index contributed by atoms with van der Waals surface area (Å²) in [5, 5.41) is 4.57. The Balaban J connectivity index is 1.77. The molecule has 0 aliphatic heterocycles. The highest BCUT2D eigenvalue weighted by molar-refractivity contribution is 6.32. The third-order valence-electron chi connectivity index (χ3n) is 3.74. The van der Waals surface area contributed by atoms with Crippen LogP contribution in [-0.2, 0) is 4.74 Å². The Morgan fingerprint density at radius 2 is 1.96 bits per heavy atom. The molecule has 6 heteroatoms. The summed E-state index contributed by atoms with van der Waals surface area (Å²) in [6.45, 7) is 3.21. The fourth-order valence-electron chi connectivity index (χ4n) is 2.41. The Kier molecular flexibility index (Phi) is 5.68. The van der Waals surface area contributed by atoms with Crippen LogP contribution < -0.4 is 4.74 Å². The van der Waals surface area contributed by atoms with Crippen molar-refractivity contribution in [3.05, 3.63) is 53.1 Å². The molecular formula is C19H19ClN2O3. The summed E-state index contributed by atoms with van der Waals surface area (Å²) >= 11 is 6.30. The highest BCUT2D eigenvalue weighted by Crippen LogP contribution is 2.31. The molecule has 0 aliphatic carbocycles. The second kappa shape index (κ2) is 8.14. The lowest BCUT2D eigenvalue weighted by Gasteiger charge is -2.08. The summed E-state index contributed by atoms with van der Waals surface area (Å²) < 4.78 is 16.0. The molecule has 0 saturated carbocycles. The molecule has 0 N–H and O–H groups in total. The van der Waals surface area contributed by atoms with Gasteiger partial charge in [-0.2, -0.15) is 4.98 Å². The molecule has 3 aromatic rings. The van der Waals surface area contributed by atoms with Gasteiger partial charge in [0, 0.05) is 31.3 Å². The van der Waals surface area contributed by atoms with Crippen LogP contribution in [0.1, 0.15) is 12.0 Å². The molecule has 2 aromatic carbocycles. The number of benzene rings is 2. The van der Waals surface area contributed by atoms with Crippen molar-refractivity contribution in [3.8, 4) is 28.6 Å². The van der Waals surface area contributed by atoms with Crippen LogP contribution in [0.3, 0.4) is 0 Å². The number of hydrogen-bond donors (Lipinski definition) is 0. The lowest BCUT2D eigenvalue weighted by atomic mass is 10.1. The van der Waals surface area contributed by atoms with E-state index in [1.54, 1.807) is 13.2 Å². The van der Waals surface area contributed by atoms with E-state index in [1.165, 1.54) is 0 Å². The molecule has 3 rings (SSSR count). The summed E-state index contributed by atoms with van der Waals surface area (Å²) in [6, 6.07) is 13.3. The first-order valence-electron chi connectivity index (χ1n) is 8.00. The normalized spacial score (nSPS) is 10.8. The van der Waals surface area contributed by atoms with Crippen LogP contribution in [0.4, 0.5) is 0 Å². The summed E-state index contributed by atoms with van der Waals surface area (Å²) in [4.78, 5) is 4.48. The molecule has 5 nitrogen and oxygen atoms in total. The quantitative estimate of drug-likeness (QED) is 0.569. The SMILES string of the molecule is COCCCOc1ccc(-c2noc(-c3ccccc3C)n2)cc1Cl. The van der Waals surface area contributed by atoms with Gasteiger partial charge in [0.25, 0.3) is 5.89 Å². The lowest BCUT2D eigenvalue weighted by molar-refractivity contribution is 0.172. The van der Waals surface area contributed by atoms with Gasteiger partial charge in [-0.15, -0.1) is 0 Å². The fraction of sp³-hybridized carbons (Fsp3) is 0.263. The van der Waals surface area contributed by atoms with E-state index >= 15 is 0 Å². The Morgan fingerprint density at radius 3 is 2.72 bits per heavy atom. The first kappa shape index (κ1) is 17.5. The highest BCUT2D eigenvalue weighted by Gasteiger charge is 2.13. The van der Waals surface area contributed by atoms with Gasteiger partial charge < -0.3 is 14.0 Å². The number of aromatic nitrogens is 2. The zero-order valence-corrected chi connectivity index (χ0v) is 14.9. The van der Waals surface area contributed by atoms with E-state index in [0.29, 0.717) is 35.7 Å². The van der Waals surface area contributed by atoms with E-state index in [4.69, 9.17) is 25.6 Å². The van der Waals surface area contributed by atoms with Crippen LogP contribution in [-0.4, -0.2) is 30.5 Å². The molecular weight excluding hydrogens is 340 g/mol. The minimum atomic E-state index is 0.490. The van der Waals surface area contributed by atoms with Crippen molar-refractivity contribution in [1.82, 2.24) is 10.1 Å². The van der Waals surface area contributed by atoms with Gasteiger partial charge in [-0.05, 0) is 36.8 Å². The molecule has 0 unspecified atom stereocenters. The van der Waals surface area contributed by atoms with Gasteiger partial charge in [-0.3, -0.25) is 0 Å². The topological polar surface area (TPSA) is 57.4 Å². The molecule has 130 valence electrons. The molecule has 0 spiro atoms. The molecule has 0 fully saturated rings. The maximum Gasteiger partial charge on any atom is 0.258 e. The van der Waals surface area contributed by atoms with E-state index in [1.807, 2.05) is 43.3 Å². The van der Waals surface area contributed by atoms with Crippen LogP contribution >= 0.6 is 11.6 Å². The predicted molar refractivity (Wildman–Crippen MR) is 96.9 cm³/mol. The standard InChI is InChI=1S/C19H19ClN2O3/c1-13-6-3-4-7-15(13)19-21-18(22-25-19)14-8-9-17(16(20)12-14)24-11-5-10-23-2/h3-4,6-9,12H,5,10-11H2,1-2H3. The van der Waals surface area contributed by atoms with Gasteiger partial charge in [0.15, 0.2) is 0 Å². The molecule has 0 saturated heterocycles. The van der Waals surface area contributed by atoms with E-state index in [9.17, 15) is 0 Å². The van der Waals surface area contributed by atoms with Crippen LogP contribution in [0.25, 0.3) is 22.8 Å². The lowest BCUT2D eigenvalue weighted by Crippen LogP contribution is -2.01. The van der Waals surface area contributed by atoms with Gasteiger partial charge in [0.2, 0.25) is 5.82 Å². The molecule has 25 heavy (non-hydrogen) atoms. The molecule has 0 aliphatic rings. The van der Waals surface area contributed by atoms with E-state index in [-0.39, 0.29) is 0 Å². The van der Waals surface area contributed by atoms with E-state index in [0.717, 1.165) is 23.1 Å². The number of aryl methyl sites for hydroxylation is 1. The Hall–Kier alpha value is -2.37. The van der Waals surface area contributed by atoms with Crippen LogP contribution in [0.2, 0.25) is 5.02 Å². The van der Waals surface area contributed by atoms with Crippen LogP contribution in [0.15, 0.2) is 47.0 Å². The second-order valence-corrected chi connectivity index (χ2v) is 5.99. The average Bonchev–Trinajstić information content (AvgIpc) is 3.10. The molecule has 0 radical (unpaired) electrons. The first-order chi connectivity index (χ1) is 12.2. The Labute approximate surface area is 151 Å².